The van der Waals surface area contributed by atoms with Crippen LogP contribution in [0.4, 0.5) is 34.1 Å². The first-order chi connectivity index (χ1) is 49.0. The molecule has 3 heterocycles. The monoisotopic (exact) mass is 1270 g/mol. The summed E-state index contributed by atoms with van der Waals surface area (Å²) in [5.41, 5.74) is 29.8. The van der Waals surface area contributed by atoms with Crippen molar-refractivity contribution in [2.24, 2.45) is 0 Å². The van der Waals surface area contributed by atoms with Gasteiger partial charge in [0.25, 0.3) is 6.71 Å². The average Bonchev–Trinajstić information content (AvgIpc) is 0.695. The summed E-state index contributed by atoms with van der Waals surface area (Å²) in [5, 5.41) is 0. The van der Waals surface area contributed by atoms with Gasteiger partial charge in [-0.25, -0.2) is 15.0 Å². The van der Waals surface area contributed by atoms with Crippen LogP contribution in [-0.4, -0.2) is 21.7 Å². The Kier molecular flexibility index (Phi) is 15.9. The number of aromatic nitrogens is 3. The molecule has 0 N–H and O–H groups in total. The van der Waals surface area contributed by atoms with Crippen molar-refractivity contribution in [3.05, 3.63) is 327 Å². The van der Waals surface area contributed by atoms with Gasteiger partial charge < -0.3 is 9.80 Å². The van der Waals surface area contributed by atoms with Crippen LogP contribution in [0.25, 0.3) is 101 Å². The van der Waals surface area contributed by atoms with Crippen molar-refractivity contribution in [1.29, 1.82) is 0 Å². The lowest BCUT2D eigenvalue weighted by atomic mass is 9.33. The topological polar surface area (TPSA) is 45.2 Å². The van der Waals surface area contributed by atoms with Gasteiger partial charge in [-0.15, -0.1) is 0 Å². The maximum atomic E-state index is 5.86. The van der Waals surface area contributed by atoms with Crippen LogP contribution < -0.4 is 26.2 Å². The van der Waals surface area contributed by atoms with E-state index < -0.39 is 0 Å². The molecule has 474 valence electrons. The van der Waals surface area contributed by atoms with Crippen molar-refractivity contribution < 1.29 is 0 Å². The molecule has 0 saturated heterocycles. The molecule has 0 atom stereocenters. The van der Waals surface area contributed by atoms with E-state index in [1.807, 2.05) is 0 Å². The number of benzene rings is 13. The molecule has 0 spiro atoms. The standard InChI is InChI=1S/C93H74BN5/c1-9-25-63(26-10-1)71-41-47-82(48-42-71)98-86-59-73(65-29-13-3-14-30-65)45-51-84(86)94-85-52-46-74(66-31-15-4-16-32-66)60-87(85)99(83-49-43-72(44-50-83)64-27-11-2-12-28-64)89-62-81(61-88(98)90(89)94)93-96-91(79-55-75(67-33-17-5-18-34-67)53-76(56-79)68-35-19-6-20-36-68)95-92(97-93)80-57-77(69-37-21-7-22-38-69)54-78(58-80)70-39-23-8-24-40-70/h1-2,5-12,17-28,33-62,65-66H,3-4,13-16,29-32H2. The van der Waals surface area contributed by atoms with Crippen LogP contribution >= 0.6 is 0 Å². The van der Waals surface area contributed by atoms with E-state index in [1.165, 1.54) is 125 Å². The van der Waals surface area contributed by atoms with E-state index in [9.17, 15) is 0 Å². The molecule has 99 heavy (non-hydrogen) atoms. The molecule has 13 aromatic carbocycles. The zero-order valence-electron chi connectivity index (χ0n) is 55.6. The highest BCUT2D eigenvalue weighted by molar-refractivity contribution is 7.00. The first-order valence-corrected chi connectivity index (χ1v) is 35.7. The SMILES string of the molecule is c1ccc(-c2ccc(N3c4cc(C5CCCCC5)ccc4B4c5ccc(C6CCCCC6)cc5N(c5ccc(-c6ccccc6)cc5)c5cc(-c6nc(-c7cc(-c8ccccc8)cc(-c8ccccc8)c7)nc(-c7cc(-c8ccccc8)cc(-c8ccccc8)c7)n6)cc3c54)cc2)cc1. The zero-order valence-corrected chi connectivity index (χ0v) is 55.6. The molecule has 14 aromatic rings. The highest BCUT2D eigenvalue weighted by Gasteiger charge is 2.45. The predicted molar refractivity (Wildman–Crippen MR) is 414 cm³/mol. The van der Waals surface area contributed by atoms with Crippen LogP contribution in [0, 0.1) is 0 Å². The van der Waals surface area contributed by atoms with Gasteiger partial charge in [-0.05, 0) is 217 Å². The van der Waals surface area contributed by atoms with Gasteiger partial charge in [0.05, 0.1) is 0 Å². The third kappa shape index (κ3) is 11.6. The van der Waals surface area contributed by atoms with E-state index in [4.69, 9.17) is 15.0 Å². The molecule has 5 nitrogen and oxygen atoms in total. The summed E-state index contributed by atoms with van der Waals surface area (Å²) in [5.74, 6) is 2.76. The summed E-state index contributed by atoms with van der Waals surface area (Å²) >= 11 is 0. The second-order valence-electron chi connectivity index (χ2n) is 27.5. The molecule has 2 fully saturated rings. The molecular weight excluding hydrogens is 1200 g/mol. The minimum Gasteiger partial charge on any atom is -0.311 e. The van der Waals surface area contributed by atoms with E-state index in [0.717, 1.165) is 83.9 Å². The van der Waals surface area contributed by atoms with Gasteiger partial charge >= 0.3 is 0 Å². The largest absolute Gasteiger partial charge is 0.311 e. The second kappa shape index (κ2) is 26.2. The average molecular weight is 1270 g/mol. The molecule has 4 aliphatic rings. The fraction of sp³-hybridized carbons (Fsp3) is 0.129. The fourth-order valence-electron chi connectivity index (χ4n) is 16.4. The third-order valence-electron chi connectivity index (χ3n) is 21.4. The molecular formula is C93H74BN5. The van der Waals surface area contributed by atoms with Gasteiger partial charge in [-0.2, -0.15) is 0 Å². The Hall–Kier alpha value is -11.5. The van der Waals surface area contributed by atoms with Gasteiger partial charge in [-0.3, -0.25) is 0 Å². The van der Waals surface area contributed by atoms with Crippen molar-refractivity contribution in [2.45, 2.75) is 76.0 Å². The van der Waals surface area contributed by atoms with Crippen molar-refractivity contribution in [3.8, 4) is 101 Å². The Morgan fingerprint density at radius 2 is 0.505 bits per heavy atom. The molecule has 2 saturated carbocycles. The molecule has 2 aliphatic heterocycles. The van der Waals surface area contributed by atoms with Gasteiger partial charge in [0.1, 0.15) is 0 Å². The van der Waals surface area contributed by atoms with Gasteiger partial charge in [-0.1, -0.05) is 269 Å². The van der Waals surface area contributed by atoms with Crippen molar-refractivity contribution in [1.82, 2.24) is 15.0 Å². The van der Waals surface area contributed by atoms with Crippen LogP contribution in [0.1, 0.15) is 87.2 Å². The van der Waals surface area contributed by atoms with Crippen LogP contribution in [0.3, 0.4) is 0 Å². The van der Waals surface area contributed by atoms with E-state index >= 15 is 0 Å². The molecule has 2 aliphatic carbocycles. The van der Waals surface area contributed by atoms with Crippen molar-refractivity contribution in [2.75, 3.05) is 9.80 Å². The fourth-order valence-corrected chi connectivity index (χ4v) is 16.4. The van der Waals surface area contributed by atoms with Crippen LogP contribution in [0.5, 0.6) is 0 Å². The second-order valence-corrected chi connectivity index (χ2v) is 27.5. The van der Waals surface area contributed by atoms with Gasteiger partial charge in [0.15, 0.2) is 17.5 Å². The summed E-state index contributed by atoms with van der Waals surface area (Å²) < 4.78 is 0. The molecule has 0 unspecified atom stereocenters. The molecule has 18 rings (SSSR count). The number of rotatable bonds is 13. The Balaban J connectivity index is 0.932. The summed E-state index contributed by atoms with van der Waals surface area (Å²) in [6.45, 7) is -0.0895. The van der Waals surface area contributed by atoms with Gasteiger partial charge in [0, 0.05) is 50.8 Å². The quantitative estimate of drug-likeness (QED) is 0.108. The molecule has 6 heteroatoms. The molecule has 0 radical (unpaired) electrons. The van der Waals surface area contributed by atoms with E-state index in [0.29, 0.717) is 29.3 Å². The molecule has 0 amide bonds. The lowest BCUT2D eigenvalue weighted by Gasteiger charge is -2.45. The number of fused-ring (bicyclic) bond motifs is 4. The van der Waals surface area contributed by atoms with Crippen LogP contribution in [0.15, 0.2) is 315 Å². The maximum absolute atomic E-state index is 5.86. The summed E-state index contributed by atoms with van der Waals surface area (Å²) in [4.78, 5) is 22.6. The van der Waals surface area contributed by atoms with Crippen molar-refractivity contribution >= 4 is 57.2 Å². The van der Waals surface area contributed by atoms with Gasteiger partial charge in [0.2, 0.25) is 0 Å². The summed E-state index contributed by atoms with van der Waals surface area (Å²) in [6.07, 6.45) is 12.4. The van der Waals surface area contributed by atoms with Crippen LogP contribution in [-0.2, 0) is 0 Å². The normalized spacial score (nSPS) is 14.3. The number of anilines is 6. The smallest absolute Gasteiger partial charge is 0.252 e. The molecule has 1 aromatic heterocycles. The first kappa shape index (κ1) is 60.0. The highest BCUT2D eigenvalue weighted by atomic mass is 15.2. The maximum Gasteiger partial charge on any atom is 0.252 e. The Morgan fingerprint density at radius 3 is 0.818 bits per heavy atom. The van der Waals surface area contributed by atoms with E-state index in [2.05, 4.69) is 325 Å². The Morgan fingerprint density at radius 1 is 0.232 bits per heavy atom. The summed E-state index contributed by atoms with van der Waals surface area (Å²) in [6, 6.07) is 117. The van der Waals surface area contributed by atoms with Crippen molar-refractivity contribution in [3.63, 3.8) is 0 Å². The predicted octanol–water partition coefficient (Wildman–Crippen LogP) is 23.1. The Labute approximate surface area is 582 Å². The third-order valence-corrected chi connectivity index (χ3v) is 21.4. The minimum absolute atomic E-state index is 0.0895. The lowest BCUT2D eigenvalue weighted by Crippen LogP contribution is -2.61. The number of hydrogen-bond donors (Lipinski definition) is 0. The lowest BCUT2D eigenvalue weighted by molar-refractivity contribution is 0.444. The highest BCUT2D eigenvalue weighted by Crippen LogP contribution is 2.49. The Bertz CT molecular complexity index is 4810. The zero-order chi connectivity index (χ0) is 65.6. The number of nitrogens with zero attached hydrogens (tertiary/aromatic N) is 5. The minimum atomic E-state index is -0.0895. The van der Waals surface area contributed by atoms with Crippen LogP contribution in [0.2, 0.25) is 0 Å². The first-order valence-electron chi connectivity index (χ1n) is 35.7. The van der Waals surface area contributed by atoms with E-state index in [-0.39, 0.29) is 6.71 Å². The van der Waals surface area contributed by atoms with E-state index in [1.54, 1.807) is 0 Å². The number of hydrogen-bond acceptors (Lipinski definition) is 5. The summed E-state index contributed by atoms with van der Waals surface area (Å²) in [7, 11) is 0. The molecule has 0 bridgehead atoms.